The first-order valence-electron chi connectivity index (χ1n) is 9.00. The molecular weight excluding hydrogens is 390 g/mol. The predicted octanol–water partition coefficient (Wildman–Crippen LogP) is 3.31. The van der Waals surface area contributed by atoms with Crippen molar-refractivity contribution < 1.29 is 29.0 Å². The largest absolute Gasteiger partial charge is 0.505 e. The van der Waals surface area contributed by atoms with E-state index in [9.17, 15) is 14.7 Å². The number of oxazole rings is 1. The molecule has 0 spiro atoms. The van der Waals surface area contributed by atoms with E-state index in [2.05, 4.69) is 15.3 Å². The molecular formula is C21H17N3O6. The molecule has 2 aromatic carbocycles. The molecule has 0 radical (unpaired) electrons. The van der Waals surface area contributed by atoms with E-state index >= 15 is 0 Å². The van der Waals surface area contributed by atoms with Crippen molar-refractivity contribution in [3.63, 3.8) is 0 Å². The van der Waals surface area contributed by atoms with Crippen molar-refractivity contribution >= 4 is 33.7 Å². The van der Waals surface area contributed by atoms with Gasteiger partial charge in [0.25, 0.3) is 5.91 Å². The molecule has 0 unspecified atom stereocenters. The third kappa shape index (κ3) is 3.60. The van der Waals surface area contributed by atoms with Gasteiger partial charge in [-0.05, 0) is 37.3 Å². The molecule has 0 bridgehead atoms. The van der Waals surface area contributed by atoms with Gasteiger partial charge in [0.15, 0.2) is 22.9 Å². The van der Waals surface area contributed by atoms with Crippen LogP contribution in [0.4, 0.5) is 0 Å². The lowest BCUT2D eigenvalue weighted by atomic mass is 10.1. The molecule has 0 aliphatic rings. The van der Waals surface area contributed by atoms with Crippen molar-refractivity contribution in [1.82, 2.24) is 15.3 Å². The Balaban J connectivity index is 1.66. The maximum atomic E-state index is 12.1. The van der Waals surface area contributed by atoms with E-state index in [0.717, 1.165) is 5.52 Å². The highest BCUT2D eigenvalue weighted by molar-refractivity contribution is 6.03. The normalized spacial score (nSPS) is 11.0. The molecule has 0 saturated heterocycles. The monoisotopic (exact) mass is 407 g/mol. The Morgan fingerprint density at radius 1 is 1.07 bits per heavy atom. The van der Waals surface area contributed by atoms with Crippen molar-refractivity contribution in [2.24, 2.45) is 0 Å². The highest BCUT2D eigenvalue weighted by Gasteiger charge is 2.19. The number of benzene rings is 2. The summed E-state index contributed by atoms with van der Waals surface area (Å²) in [5, 5.41) is 22.4. The molecule has 9 heteroatoms. The van der Waals surface area contributed by atoms with Crippen LogP contribution in [0.2, 0.25) is 0 Å². The van der Waals surface area contributed by atoms with Gasteiger partial charge in [0.05, 0.1) is 0 Å². The molecule has 0 saturated carbocycles. The molecule has 0 atom stereocenters. The van der Waals surface area contributed by atoms with E-state index in [0.29, 0.717) is 39.4 Å². The van der Waals surface area contributed by atoms with Crippen LogP contribution in [0, 0.1) is 13.8 Å². The van der Waals surface area contributed by atoms with Crippen LogP contribution in [0.3, 0.4) is 0 Å². The fourth-order valence-electron chi connectivity index (χ4n) is 3.12. The van der Waals surface area contributed by atoms with Gasteiger partial charge in [-0.1, -0.05) is 0 Å². The highest BCUT2D eigenvalue weighted by atomic mass is 16.5. The van der Waals surface area contributed by atoms with Crippen molar-refractivity contribution in [1.29, 1.82) is 0 Å². The average molecular weight is 407 g/mol. The number of carbonyl (C=O) groups is 2. The SMILES string of the molecule is Cc1nc2ccc(Oc3ccc4c(O)c(C(=O)NCC(=O)O)nc(C)c4c3)cc2o1. The van der Waals surface area contributed by atoms with Crippen LogP contribution in [0.5, 0.6) is 17.2 Å². The number of hydrogen-bond donors (Lipinski definition) is 3. The number of fused-ring (bicyclic) bond motifs is 2. The molecule has 0 fully saturated rings. The summed E-state index contributed by atoms with van der Waals surface area (Å²) in [4.78, 5) is 31.2. The lowest BCUT2D eigenvalue weighted by Gasteiger charge is -2.12. The summed E-state index contributed by atoms with van der Waals surface area (Å²) >= 11 is 0. The summed E-state index contributed by atoms with van der Waals surface area (Å²) in [5.41, 5.74) is 1.59. The van der Waals surface area contributed by atoms with Crippen LogP contribution in [0.25, 0.3) is 21.9 Å². The molecule has 152 valence electrons. The Bertz CT molecular complexity index is 1310. The number of rotatable bonds is 5. The van der Waals surface area contributed by atoms with Gasteiger partial charge in [0, 0.05) is 29.5 Å². The lowest BCUT2D eigenvalue weighted by molar-refractivity contribution is -0.135. The van der Waals surface area contributed by atoms with Crippen molar-refractivity contribution in [3.05, 3.63) is 53.7 Å². The minimum Gasteiger partial charge on any atom is -0.505 e. The van der Waals surface area contributed by atoms with Gasteiger partial charge >= 0.3 is 5.97 Å². The topological polar surface area (TPSA) is 135 Å². The zero-order chi connectivity index (χ0) is 21.4. The van der Waals surface area contributed by atoms with Crippen LogP contribution in [0.1, 0.15) is 22.1 Å². The number of amides is 1. The third-order valence-corrected chi connectivity index (χ3v) is 4.46. The van der Waals surface area contributed by atoms with Crippen molar-refractivity contribution in [3.8, 4) is 17.2 Å². The highest BCUT2D eigenvalue weighted by Crippen LogP contribution is 2.34. The summed E-state index contributed by atoms with van der Waals surface area (Å²) in [6.45, 7) is 2.88. The predicted molar refractivity (Wildman–Crippen MR) is 107 cm³/mol. The molecule has 9 nitrogen and oxygen atoms in total. The minimum atomic E-state index is -1.19. The van der Waals surface area contributed by atoms with E-state index in [1.807, 2.05) is 0 Å². The second-order valence-corrected chi connectivity index (χ2v) is 6.64. The molecule has 0 aliphatic heterocycles. The smallest absolute Gasteiger partial charge is 0.322 e. The molecule has 3 N–H and O–H groups in total. The van der Waals surface area contributed by atoms with E-state index in [-0.39, 0.29) is 11.4 Å². The van der Waals surface area contributed by atoms with Gasteiger partial charge in [-0.3, -0.25) is 9.59 Å². The average Bonchev–Trinajstić information content (AvgIpc) is 3.08. The second kappa shape index (κ2) is 7.36. The molecule has 4 rings (SSSR count). The van der Waals surface area contributed by atoms with Gasteiger partial charge in [0.2, 0.25) is 0 Å². The Morgan fingerprint density at radius 3 is 2.57 bits per heavy atom. The first kappa shape index (κ1) is 19.2. The lowest BCUT2D eigenvalue weighted by Crippen LogP contribution is -2.30. The van der Waals surface area contributed by atoms with Gasteiger partial charge < -0.3 is 24.7 Å². The van der Waals surface area contributed by atoms with Gasteiger partial charge in [-0.2, -0.15) is 0 Å². The van der Waals surface area contributed by atoms with Gasteiger partial charge in [0.1, 0.15) is 23.6 Å². The van der Waals surface area contributed by atoms with Gasteiger partial charge in [-0.15, -0.1) is 0 Å². The molecule has 4 aromatic rings. The Morgan fingerprint density at radius 2 is 1.80 bits per heavy atom. The number of hydrogen-bond acceptors (Lipinski definition) is 7. The Labute approximate surface area is 169 Å². The number of carboxylic acids is 1. The molecule has 0 aliphatic carbocycles. The van der Waals surface area contributed by atoms with Crippen molar-refractivity contribution in [2.75, 3.05) is 6.54 Å². The third-order valence-electron chi connectivity index (χ3n) is 4.46. The number of carboxylic acid groups (broad SMARTS) is 1. The first-order chi connectivity index (χ1) is 14.3. The fourth-order valence-corrected chi connectivity index (χ4v) is 3.12. The van der Waals surface area contributed by atoms with E-state index in [1.54, 1.807) is 50.2 Å². The number of carbonyl (C=O) groups excluding carboxylic acids is 1. The number of aromatic nitrogens is 2. The zero-order valence-electron chi connectivity index (χ0n) is 16.1. The number of nitrogens with zero attached hydrogens (tertiary/aromatic N) is 2. The van der Waals surface area contributed by atoms with Crippen LogP contribution in [-0.4, -0.2) is 38.6 Å². The summed E-state index contributed by atoms with van der Waals surface area (Å²) in [6.07, 6.45) is 0. The van der Waals surface area contributed by atoms with Crippen molar-refractivity contribution in [2.45, 2.75) is 13.8 Å². The van der Waals surface area contributed by atoms with Crippen LogP contribution < -0.4 is 10.1 Å². The zero-order valence-corrected chi connectivity index (χ0v) is 16.1. The second-order valence-electron chi connectivity index (χ2n) is 6.64. The molecule has 1 amide bonds. The van der Waals surface area contributed by atoms with E-state index in [4.69, 9.17) is 14.3 Å². The number of aryl methyl sites for hydroxylation is 2. The first-order valence-corrected chi connectivity index (χ1v) is 9.00. The number of ether oxygens (including phenoxy) is 1. The fraction of sp³-hybridized carbons (Fsp3) is 0.143. The molecule has 2 heterocycles. The Kier molecular flexibility index (Phi) is 4.71. The molecule has 2 aromatic heterocycles. The number of aromatic hydroxyl groups is 1. The van der Waals surface area contributed by atoms with Crippen LogP contribution in [0.15, 0.2) is 40.8 Å². The molecule has 30 heavy (non-hydrogen) atoms. The summed E-state index contributed by atoms with van der Waals surface area (Å²) in [5.74, 6) is -0.670. The number of aliphatic carboxylic acids is 1. The van der Waals surface area contributed by atoms with E-state index in [1.165, 1.54) is 0 Å². The van der Waals surface area contributed by atoms with E-state index < -0.39 is 18.4 Å². The standard InChI is InChI=1S/C21H17N3O6/c1-10-15-7-12(30-13-4-6-16-17(8-13)29-11(2)24-16)3-5-14(15)20(27)19(23-10)21(28)22-9-18(25)26/h3-8,27H,9H2,1-2H3,(H,22,28)(H,25,26). The number of nitrogens with one attached hydrogen (secondary N) is 1. The van der Waals surface area contributed by atoms with Gasteiger partial charge in [-0.25, -0.2) is 9.97 Å². The minimum absolute atomic E-state index is 0.235. The summed E-state index contributed by atoms with van der Waals surface area (Å²) in [7, 11) is 0. The maximum Gasteiger partial charge on any atom is 0.322 e. The maximum absolute atomic E-state index is 12.1. The van der Waals surface area contributed by atoms with Crippen LogP contribution in [-0.2, 0) is 4.79 Å². The number of pyridine rings is 1. The Hall–Kier alpha value is -4.14. The summed E-state index contributed by atoms with van der Waals surface area (Å²) < 4.78 is 11.4. The summed E-state index contributed by atoms with van der Waals surface area (Å²) in [6, 6.07) is 10.3. The quantitative estimate of drug-likeness (QED) is 0.459. The van der Waals surface area contributed by atoms with Crippen LogP contribution >= 0.6 is 0 Å².